The first-order valence-electron chi connectivity index (χ1n) is 7.46. The van der Waals surface area contributed by atoms with Gasteiger partial charge in [-0.2, -0.15) is 9.64 Å². The molecule has 0 saturated heterocycles. The standard InChI is InChI=1S/C19H18N2S2/c1-12-9-13(5-6-14(12)10-20)17-16(22-19(2,3)4)8-7-15-11-21-23-18(15)17/h5-9,11H,1-4H3. The molecule has 0 bridgehead atoms. The first kappa shape index (κ1) is 16.0. The van der Waals surface area contributed by atoms with Crippen molar-refractivity contribution in [3.05, 3.63) is 47.7 Å². The molecule has 2 aromatic carbocycles. The summed E-state index contributed by atoms with van der Waals surface area (Å²) in [4.78, 5) is 1.26. The minimum Gasteiger partial charge on any atom is -0.200 e. The third-order valence-electron chi connectivity index (χ3n) is 3.54. The summed E-state index contributed by atoms with van der Waals surface area (Å²) in [6.07, 6.45) is 1.92. The van der Waals surface area contributed by atoms with Gasteiger partial charge in [0.25, 0.3) is 0 Å². The molecule has 0 radical (unpaired) electrons. The minimum absolute atomic E-state index is 0.134. The second-order valence-corrected chi connectivity index (χ2v) is 9.21. The molecule has 1 heterocycles. The van der Waals surface area contributed by atoms with Crippen LogP contribution in [0, 0.1) is 18.3 Å². The number of aromatic nitrogens is 1. The summed E-state index contributed by atoms with van der Waals surface area (Å²) >= 11 is 3.41. The topological polar surface area (TPSA) is 36.7 Å². The number of hydrogen-bond acceptors (Lipinski definition) is 4. The van der Waals surface area contributed by atoms with Gasteiger partial charge in [0.1, 0.15) is 0 Å². The first-order chi connectivity index (χ1) is 10.9. The van der Waals surface area contributed by atoms with E-state index < -0.39 is 0 Å². The average Bonchev–Trinajstić information content (AvgIpc) is 2.93. The summed E-state index contributed by atoms with van der Waals surface area (Å²) in [6.45, 7) is 8.67. The summed E-state index contributed by atoms with van der Waals surface area (Å²) in [5.41, 5.74) is 4.13. The van der Waals surface area contributed by atoms with Crippen LogP contribution in [0.1, 0.15) is 31.9 Å². The predicted molar refractivity (Wildman–Crippen MR) is 100 cm³/mol. The monoisotopic (exact) mass is 338 g/mol. The Labute approximate surface area is 145 Å². The first-order valence-corrected chi connectivity index (χ1v) is 9.05. The highest BCUT2D eigenvalue weighted by Gasteiger charge is 2.19. The molecule has 116 valence electrons. The van der Waals surface area contributed by atoms with E-state index in [1.165, 1.54) is 32.1 Å². The van der Waals surface area contributed by atoms with E-state index in [-0.39, 0.29) is 4.75 Å². The van der Waals surface area contributed by atoms with Gasteiger partial charge in [0.2, 0.25) is 0 Å². The Bertz CT molecular complexity index is 911. The summed E-state index contributed by atoms with van der Waals surface area (Å²) < 4.78 is 5.71. The summed E-state index contributed by atoms with van der Waals surface area (Å²) in [7, 11) is 0. The molecular formula is C19H18N2S2. The fourth-order valence-corrected chi connectivity index (χ4v) is 4.55. The molecular weight excluding hydrogens is 320 g/mol. The maximum Gasteiger partial charge on any atom is 0.0994 e. The zero-order valence-electron chi connectivity index (χ0n) is 13.7. The van der Waals surface area contributed by atoms with Crippen LogP contribution in [0.25, 0.3) is 21.2 Å². The highest BCUT2D eigenvalue weighted by molar-refractivity contribution is 8.00. The third kappa shape index (κ3) is 3.26. The van der Waals surface area contributed by atoms with Crippen LogP contribution in [0.15, 0.2) is 41.4 Å². The van der Waals surface area contributed by atoms with Gasteiger partial charge >= 0.3 is 0 Å². The Morgan fingerprint density at radius 1 is 1.17 bits per heavy atom. The van der Waals surface area contributed by atoms with Gasteiger partial charge in [-0.25, -0.2) is 0 Å². The van der Waals surface area contributed by atoms with Gasteiger partial charge < -0.3 is 0 Å². The van der Waals surface area contributed by atoms with Crippen molar-refractivity contribution < 1.29 is 0 Å². The van der Waals surface area contributed by atoms with Gasteiger partial charge in [0.05, 0.1) is 16.3 Å². The molecule has 2 nitrogen and oxygen atoms in total. The Hall–Kier alpha value is -1.83. The van der Waals surface area contributed by atoms with Crippen LogP contribution in [0.4, 0.5) is 0 Å². The Morgan fingerprint density at radius 3 is 2.61 bits per heavy atom. The number of fused-ring (bicyclic) bond motifs is 1. The second-order valence-electron chi connectivity index (χ2n) is 6.54. The largest absolute Gasteiger partial charge is 0.200 e. The lowest BCUT2D eigenvalue weighted by Gasteiger charge is -2.20. The van der Waals surface area contributed by atoms with Gasteiger partial charge in [-0.15, -0.1) is 11.8 Å². The highest BCUT2D eigenvalue weighted by Crippen LogP contribution is 2.43. The van der Waals surface area contributed by atoms with Gasteiger partial charge in [0, 0.05) is 26.8 Å². The number of benzene rings is 2. The van der Waals surface area contributed by atoms with Crippen LogP contribution in [-0.2, 0) is 0 Å². The zero-order valence-corrected chi connectivity index (χ0v) is 15.3. The van der Waals surface area contributed by atoms with E-state index in [0.717, 1.165) is 16.7 Å². The van der Waals surface area contributed by atoms with Gasteiger partial charge in [0.15, 0.2) is 0 Å². The molecule has 1 aromatic heterocycles. The van der Waals surface area contributed by atoms with Gasteiger partial charge in [-0.1, -0.05) is 39.0 Å². The van der Waals surface area contributed by atoms with Crippen molar-refractivity contribution in [1.82, 2.24) is 4.37 Å². The van der Waals surface area contributed by atoms with Crippen LogP contribution in [0.5, 0.6) is 0 Å². The molecule has 0 aliphatic carbocycles. The van der Waals surface area contributed by atoms with Crippen molar-refractivity contribution in [3.63, 3.8) is 0 Å². The molecule has 0 aliphatic heterocycles. The molecule has 0 saturated carbocycles. The molecule has 3 rings (SSSR count). The lowest BCUT2D eigenvalue weighted by Crippen LogP contribution is -2.07. The number of rotatable bonds is 2. The number of nitriles is 1. The van der Waals surface area contributed by atoms with Gasteiger partial charge in [-0.05, 0) is 41.7 Å². The molecule has 23 heavy (non-hydrogen) atoms. The summed E-state index contributed by atoms with van der Waals surface area (Å²) in [5.74, 6) is 0. The Morgan fingerprint density at radius 2 is 1.96 bits per heavy atom. The quantitative estimate of drug-likeness (QED) is 0.535. The Kier molecular flexibility index (Phi) is 4.18. The van der Waals surface area contributed by atoms with Crippen LogP contribution >= 0.6 is 23.3 Å². The van der Waals surface area contributed by atoms with Crippen molar-refractivity contribution in [2.24, 2.45) is 0 Å². The molecule has 0 aliphatic rings. The maximum absolute atomic E-state index is 9.16. The van der Waals surface area contributed by atoms with E-state index in [2.05, 4.69) is 49.4 Å². The third-order valence-corrected chi connectivity index (χ3v) is 5.54. The SMILES string of the molecule is Cc1cc(-c2c(SC(C)(C)C)ccc3cnsc23)ccc1C#N. The fraction of sp³-hybridized carbons (Fsp3) is 0.263. The number of hydrogen-bond donors (Lipinski definition) is 0. The van der Waals surface area contributed by atoms with Gasteiger partial charge in [-0.3, -0.25) is 0 Å². The smallest absolute Gasteiger partial charge is 0.0994 e. The van der Waals surface area contributed by atoms with E-state index in [0.29, 0.717) is 0 Å². The zero-order chi connectivity index (χ0) is 16.6. The van der Waals surface area contributed by atoms with E-state index >= 15 is 0 Å². The van der Waals surface area contributed by atoms with Crippen molar-refractivity contribution in [1.29, 1.82) is 5.26 Å². The lowest BCUT2D eigenvalue weighted by molar-refractivity contribution is 0.803. The molecule has 3 aromatic rings. The van der Waals surface area contributed by atoms with E-state index in [1.54, 1.807) is 0 Å². The Balaban J connectivity index is 2.25. The number of nitrogens with zero attached hydrogens (tertiary/aromatic N) is 2. The van der Waals surface area contributed by atoms with Crippen LogP contribution in [0.3, 0.4) is 0 Å². The number of thioether (sulfide) groups is 1. The summed E-state index contributed by atoms with van der Waals surface area (Å²) in [6, 6.07) is 12.7. The average molecular weight is 339 g/mol. The lowest BCUT2D eigenvalue weighted by atomic mass is 9.99. The predicted octanol–water partition coefficient (Wildman–Crippen LogP) is 6.03. The van der Waals surface area contributed by atoms with Crippen LogP contribution < -0.4 is 0 Å². The highest BCUT2D eigenvalue weighted by atomic mass is 32.2. The molecule has 4 heteroatoms. The van der Waals surface area contributed by atoms with Crippen molar-refractivity contribution in [2.75, 3.05) is 0 Å². The molecule has 0 unspecified atom stereocenters. The van der Waals surface area contributed by atoms with Crippen molar-refractivity contribution >= 4 is 33.4 Å². The molecule has 0 amide bonds. The second kappa shape index (κ2) is 5.99. The molecule has 0 spiro atoms. The van der Waals surface area contributed by atoms with Crippen LogP contribution in [0.2, 0.25) is 0 Å². The normalized spacial score (nSPS) is 11.6. The van der Waals surface area contributed by atoms with Crippen molar-refractivity contribution in [3.8, 4) is 17.2 Å². The maximum atomic E-state index is 9.16. The minimum atomic E-state index is 0.134. The summed E-state index contributed by atoms with van der Waals surface area (Å²) in [5, 5.41) is 10.3. The molecule has 0 atom stereocenters. The van der Waals surface area contributed by atoms with E-state index in [9.17, 15) is 0 Å². The number of aryl methyl sites for hydroxylation is 1. The molecule has 0 fully saturated rings. The van der Waals surface area contributed by atoms with E-state index in [4.69, 9.17) is 5.26 Å². The van der Waals surface area contributed by atoms with Crippen LogP contribution in [-0.4, -0.2) is 9.12 Å². The van der Waals surface area contributed by atoms with Crippen molar-refractivity contribution in [2.45, 2.75) is 37.3 Å². The van der Waals surface area contributed by atoms with E-state index in [1.807, 2.05) is 37.0 Å². The molecule has 0 N–H and O–H groups in total. The fourth-order valence-electron chi connectivity index (χ4n) is 2.55.